The largest absolute Gasteiger partial charge is 0.478 e. The fraction of sp³-hybridized carbons (Fsp3) is 0.417. The van der Waals surface area contributed by atoms with Crippen molar-refractivity contribution in [3.05, 3.63) is 26.6 Å². The number of sulfonamides is 1. The van der Waals surface area contributed by atoms with E-state index in [1.807, 2.05) is 0 Å². The maximum atomic E-state index is 12.0. The Morgan fingerprint density at radius 2 is 2.00 bits per heavy atom. The van der Waals surface area contributed by atoms with Crippen molar-refractivity contribution in [3.8, 4) is 0 Å². The summed E-state index contributed by atoms with van der Waals surface area (Å²) in [5, 5.41) is 9.16. The number of ether oxygens (including phenoxy) is 1. The van der Waals surface area contributed by atoms with Crippen molar-refractivity contribution in [2.75, 3.05) is 17.1 Å². The fourth-order valence-corrected chi connectivity index (χ4v) is 3.85. The maximum absolute atomic E-state index is 12.0. The molecule has 0 spiro atoms. The summed E-state index contributed by atoms with van der Waals surface area (Å²) in [6, 6.07) is 2.89. The SMILES string of the molecule is CC(C)OCCS(=O)(=O)Nc1c(Br)cc(Br)cc1C(=O)O. The van der Waals surface area contributed by atoms with Gasteiger partial charge in [-0.25, -0.2) is 13.2 Å². The van der Waals surface area contributed by atoms with E-state index < -0.39 is 16.0 Å². The molecular formula is C12H15Br2NO5S. The van der Waals surface area contributed by atoms with Gasteiger partial charge in [-0.3, -0.25) is 4.72 Å². The van der Waals surface area contributed by atoms with Crippen molar-refractivity contribution in [2.24, 2.45) is 0 Å². The summed E-state index contributed by atoms with van der Waals surface area (Å²) in [7, 11) is -3.71. The molecule has 21 heavy (non-hydrogen) atoms. The summed E-state index contributed by atoms with van der Waals surface area (Å²) < 4.78 is 32.3. The summed E-state index contributed by atoms with van der Waals surface area (Å²) in [6.45, 7) is 3.63. The number of carboxylic acids is 1. The Morgan fingerprint density at radius 1 is 1.38 bits per heavy atom. The number of nitrogens with one attached hydrogen (secondary N) is 1. The highest BCUT2D eigenvalue weighted by molar-refractivity contribution is 9.11. The van der Waals surface area contributed by atoms with Crippen LogP contribution >= 0.6 is 31.9 Å². The number of hydrogen-bond acceptors (Lipinski definition) is 4. The van der Waals surface area contributed by atoms with Crippen LogP contribution in [-0.2, 0) is 14.8 Å². The standard InChI is InChI=1S/C12H15Br2NO5S/c1-7(2)20-3-4-21(18,19)15-11-9(12(16)17)5-8(13)6-10(11)14/h5-7,15H,3-4H2,1-2H3,(H,16,17). The van der Waals surface area contributed by atoms with Gasteiger partial charge in [0.15, 0.2) is 0 Å². The molecule has 0 fully saturated rings. The first-order valence-electron chi connectivity index (χ1n) is 5.97. The number of rotatable bonds is 7. The van der Waals surface area contributed by atoms with Gasteiger partial charge in [0.1, 0.15) is 0 Å². The highest BCUT2D eigenvalue weighted by atomic mass is 79.9. The molecule has 1 rings (SSSR count). The number of benzene rings is 1. The highest BCUT2D eigenvalue weighted by Crippen LogP contribution is 2.31. The summed E-state index contributed by atoms with van der Waals surface area (Å²) in [5.74, 6) is -1.49. The molecule has 0 aliphatic rings. The lowest BCUT2D eigenvalue weighted by molar-refractivity contribution is 0.0698. The van der Waals surface area contributed by atoms with E-state index in [4.69, 9.17) is 9.84 Å². The number of aromatic carboxylic acids is 1. The van der Waals surface area contributed by atoms with E-state index in [-0.39, 0.29) is 29.7 Å². The van der Waals surface area contributed by atoms with Crippen LogP contribution in [0.1, 0.15) is 24.2 Å². The van der Waals surface area contributed by atoms with E-state index in [2.05, 4.69) is 36.6 Å². The van der Waals surface area contributed by atoms with Gasteiger partial charge in [-0.15, -0.1) is 0 Å². The Balaban J connectivity index is 2.99. The van der Waals surface area contributed by atoms with Gasteiger partial charge in [0, 0.05) is 8.95 Å². The molecule has 118 valence electrons. The zero-order valence-electron chi connectivity index (χ0n) is 11.4. The van der Waals surface area contributed by atoms with Crippen molar-refractivity contribution in [2.45, 2.75) is 20.0 Å². The van der Waals surface area contributed by atoms with Gasteiger partial charge < -0.3 is 9.84 Å². The lowest BCUT2D eigenvalue weighted by Gasteiger charge is -2.13. The molecule has 0 saturated carbocycles. The summed E-state index contributed by atoms with van der Waals surface area (Å²) in [4.78, 5) is 11.2. The summed E-state index contributed by atoms with van der Waals surface area (Å²) >= 11 is 6.32. The zero-order valence-corrected chi connectivity index (χ0v) is 15.4. The van der Waals surface area contributed by atoms with Gasteiger partial charge in [0.25, 0.3) is 0 Å². The lowest BCUT2D eigenvalue weighted by atomic mass is 10.2. The molecule has 0 radical (unpaired) electrons. The first-order chi connectivity index (χ1) is 9.62. The van der Waals surface area contributed by atoms with Crippen LogP contribution < -0.4 is 4.72 Å². The van der Waals surface area contributed by atoms with Gasteiger partial charge in [-0.2, -0.15) is 0 Å². The minimum atomic E-state index is -3.71. The van der Waals surface area contributed by atoms with Gasteiger partial charge in [-0.1, -0.05) is 15.9 Å². The molecule has 0 unspecified atom stereocenters. The lowest BCUT2D eigenvalue weighted by Crippen LogP contribution is -2.23. The molecule has 2 N–H and O–H groups in total. The molecule has 0 atom stereocenters. The first kappa shape index (κ1) is 18.4. The van der Waals surface area contributed by atoms with E-state index in [0.29, 0.717) is 8.95 Å². The minimum Gasteiger partial charge on any atom is -0.478 e. The normalized spacial score (nSPS) is 11.7. The number of carboxylic acid groups (broad SMARTS) is 1. The molecule has 6 nitrogen and oxygen atoms in total. The van der Waals surface area contributed by atoms with Gasteiger partial charge >= 0.3 is 5.97 Å². The first-order valence-corrected chi connectivity index (χ1v) is 9.20. The Hall–Kier alpha value is -0.640. The van der Waals surface area contributed by atoms with E-state index in [1.54, 1.807) is 19.9 Å². The maximum Gasteiger partial charge on any atom is 0.337 e. The number of halogens is 2. The third-order valence-electron chi connectivity index (χ3n) is 2.35. The Labute approximate surface area is 140 Å². The van der Waals surface area contributed by atoms with Crippen LogP contribution in [-0.4, -0.2) is 38.0 Å². The molecule has 0 aromatic heterocycles. The second-order valence-electron chi connectivity index (χ2n) is 4.46. The van der Waals surface area contributed by atoms with Gasteiger partial charge in [0.05, 0.1) is 29.7 Å². The third kappa shape index (κ3) is 5.93. The van der Waals surface area contributed by atoms with Crippen LogP contribution in [0.3, 0.4) is 0 Å². The van der Waals surface area contributed by atoms with Crippen LogP contribution in [0.5, 0.6) is 0 Å². The van der Waals surface area contributed by atoms with Gasteiger partial charge in [-0.05, 0) is 41.9 Å². The number of anilines is 1. The molecule has 0 saturated heterocycles. The van der Waals surface area contributed by atoms with Crippen LogP contribution in [0.25, 0.3) is 0 Å². The topological polar surface area (TPSA) is 92.7 Å². The second-order valence-corrected chi connectivity index (χ2v) is 8.07. The van der Waals surface area contributed by atoms with E-state index >= 15 is 0 Å². The third-order valence-corrected chi connectivity index (χ3v) is 4.65. The molecule has 0 heterocycles. The quantitative estimate of drug-likeness (QED) is 0.674. The monoisotopic (exact) mass is 443 g/mol. The van der Waals surface area contributed by atoms with Crippen molar-refractivity contribution >= 4 is 53.5 Å². The van der Waals surface area contributed by atoms with Crippen molar-refractivity contribution in [1.29, 1.82) is 0 Å². The zero-order chi connectivity index (χ0) is 16.2. The predicted octanol–water partition coefficient (Wildman–Crippen LogP) is 3.08. The van der Waals surface area contributed by atoms with E-state index in [1.165, 1.54) is 6.07 Å². The fourth-order valence-electron chi connectivity index (χ4n) is 1.45. The predicted molar refractivity (Wildman–Crippen MR) is 87.3 cm³/mol. The molecule has 9 heteroatoms. The molecule has 0 aliphatic heterocycles. The van der Waals surface area contributed by atoms with Crippen LogP contribution in [0.2, 0.25) is 0 Å². The smallest absolute Gasteiger partial charge is 0.337 e. The number of hydrogen-bond donors (Lipinski definition) is 2. The molecule has 1 aromatic rings. The van der Waals surface area contributed by atoms with Gasteiger partial charge in [0.2, 0.25) is 10.0 Å². The average Bonchev–Trinajstić information content (AvgIpc) is 2.31. The summed E-state index contributed by atoms with van der Waals surface area (Å²) in [5.41, 5.74) is -0.153. The second kappa shape index (κ2) is 7.57. The van der Waals surface area contributed by atoms with Crippen LogP contribution in [0.15, 0.2) is 21.1 Å². The number of carbonyl (C=O) groups is 1. The van der Waals surface area contributed by atoms with Crippen molar-refractivity contribution < 1.29 is 23.1 Å². The molecule has 1 aromatic carbocycles. The van der Waals surface area contributed by atoms with Crippen molar-refractivity contribution in [3.63, 3.8) is 0 Å². The van der Waals surface area contributed by atoms with E-state index in [9.17, 15) is 13.2 Å². The van der Waals surface area contributed by atoms with Crippen LogP contribution in [0.4, 0.5) is 5.69 Å². The molecule has 0 bridgehead atoms. The van der Waals surface area contributed by atoms with Crippen LogP contribution in [0, 0.1) is 0 Å². The van der Waals surface area contributed by atoms with Crippen molar-refractivity contribution in [1.82, 2.24) is 0 Å². The molecule has 0 amide bonds. The Kier molecular flexibility index (Phi) is 6.64. The average molecular weight is 445 g/mol. The molecule has 0 aliphatic carbocycles. The van der Waals surface area contributed by atoms with E-state index in [0.717, 1.165) is 0 Å². The summed E-state index contributed by atoms with van der Waals surface area (Å²) in [6.07, 6.45) is -0.0748. The Bertz CT molecular complexity index is 631. The highest BCUT2D eigenvalue weighted by Gasteiger charge is 2.20. The molecular weight excluding hydrogens is 430 g/mol. The Morgan fingerprint density at radius 3 is 2.52 bits per heavy atom. The minimum absolute atomic E-state index is 0.00440.